The molecule has 2 heteroatoms. The molecule has 0 spiro atoms. The van der Waals surface area contributed by atoms with Gasteiger partial charge in [-0.2, -0.15) is 0 Å². The molecule has 1 aliphatic heterocycles. The maximum atomic E-state index is 5.79. The molecule has 2 fully saturated rings. The number of rotatable bonds is 4. The summed E-state index contributed by atoms with van der Waals surface area (Å²) in [6.07, 6.45) is 9.92. The van der Waals surface area contributed by atoms with Gasteiger partial charge in [0.25, 0.3) is 0 Å². The molecule has 15 heavy (non-hydrogen) atoms. The lowest BCUT2D eigenvalue weighted by Crippen LogP contribution is -2.37. The van der Waals surface area contributed by atoms with Crippen LogP contribution in [0.25, 0.3) is 0 Å². The molecule has 2 unspecified atom stereocenters. The molecule has 2 atom stereocenters. The Morgan fingerprint density at radius 3 is 2.47 bits per heavy atom. The second-order valence-electron chi connectivity index (χ2n) is 5.48. The molecule has 1 aliphatic carbocycles. The van der Waals surface area contributed by atoms with Crippen molar-refractivity contribution in [3.8, 4) is 0 Å². The van der Waals surface area contributed by atoms with Crippen molar-refractivity contribution in [3.05, 3.63) is 0 Å². The summed E-state index contributed by atoms with van der Waals surface area (Å²) in [5.74, 6) is 1.88. The average Bonchev–Trinajstić information content (AvgIpc) is 2.85. The van der Waals surface area contributed by atoms with Crippen LogP contribution in [0.1, 0.15) is 44.9 Å². The molecule has 2 aliphatic rings. The van der Waals surface area contributed by atoms with Crippen molar-refractivity contribution in [2.24, 2.45) is 17.6 Å². The molecule has 2 N–H and O–H groups in total. The summed E-state index contributed by atoms with van der Waals surface area (Å²) in [6, 6.07) is 0.844. The van der Waals surface area contributed by atoms with Gasteiger partial charge in [-0.3, -0.25) is 0 Å². The number of likely N-dealkylation sites (tertiary alicyclic amines) is 1. The lowest BCUT2D eigenvalue weighted by Gasteiger charge is -2.33. The SMILES string of the molecule is CN1CCCC1C(CCN)C1CCCC1. The van der Waals surface area contributed by atoms with Crippen molar-refractivity contribution in [2.45, 2.75) is 51.0 Å². The Kier molecular flexibility index (Phi) is 4.04. The van der Waals surface area contributed by atoms with Gasteiger partial charge in [0.1, 0.15) is 0 Å². The minimum Gasteiger partial charge on any atom is -0.330 e. The highest BCUT2D eigenvalue weighted by Crippen LogP contribution is 2.38. The summed E-state index contributed by atoms with van der Waals surface area (Å²) in [5.41, 5.74) is 5.79. The highest BCUT2D eigenvalue weighted by atomic mass is 15.1. The number of hydrogen-bond donors (Lipinski definition) is 1. The molecule has 0 aromatic heterocycles. The summed E-state index contributed by atoms with van der Waals surface area (Å²) in [7, 11) is 2.30. The predicted octanol–water partition coefficient (Wildman–Crippen LogP) is 2.24. The van der Waals surface area contributed by atoms with E-state index in [4.69, 9.17) is 5.73 Å². The van der Waals surface area contributed by atoms with Crippen LogP contribution in [0.2, 0.25) is 0 Å². The van der Waals surface area contributed by atoms with Gasteiger partial charge in [0.2, 0.25) is 0 Å². The van der Waals surface area contributed by atoms with Gasteiger partial charge >= 0.3 is 0 Å². The van der Waals surface area contributed by atoms with Gasteiger partial charge in [-0.05, 0) is 51.2 Å². The van der Waals surface area contributed by atoms with E-state index in [-0.39, 0.29) is 0 Å². The molecule has 88 valence electrons. The smallest absolute Gasteiger partial charge is 0.0124 e. The standard InChI is InChI=1S/C13H26N2/c1-15-10-4-7-13(15)12(8-9-14)11-5-2-3-6-11/h11-13H,2-10,14H2,1H3. The van der Waals surface area contributed by atoms with E-state index in [2.05, 4.69) is 11.9 Å². The fourth-order valence-electron chi connectivity index (χ4n) is 3.80. The zero-order valence-corrected chi connectivity index (χ0v) is 10.1. The Bertz CT molecular complexity index is 187. The third-order valence-electron chi connectivity index (χ3n) is 4.58. The van der Waals surface area contributed by atoms with Crippen molar-refractivity contribution < 1.29 is 0 Å². The summed E-state index contributed by atoms with van der Waals surface area (Å²) >= 11 is 0. The maximum absolute atomic E-state index is 5.79. The van der Waals surface area contributed by atoms with Crippen LogP contribution in [-0.4, -0.2) is 31.1 Å². The normalized spacial score (nSPS) is 31.2. The molecule has 1 saturated carbocycles. The molecular weight excluding hydrogens is 184 g/mol. The first kappa shape index (κ1) is 11.4. The van der Waals surface area contributed by atoms with Gasteiger partial charge in [-0.25, -0.2) is 0 Å². The van der Waals surface area contributed by atoms with E-state index in [0.29, 0.717) is 0 Å². The number of hydrogen-bond acceptors (Lipinski definition) is 2. The van der Waals surface area contributed by atoms with E-state index in [0.717, 1.165) is 24.4 Å². The van der Waals surface area contributed by atoms with Gasteiger partial charge in [0, 0.05) is 6.04 Å². The van der Waals surface area contributed by atoms with Crippen LogP contribution in [0.5, 0.6) is 0 Å². The molecule has 1 heterocycles. The van der Waals surface area contributed by atoms with Gasteiger partial charge in [-0.1, -0.05) is 25.7 Å². The molecule has 0 bridgehead atoms. The van der Waals surface area contributed by atoms with Gasteiger partial charge in [0.15, 0.2) is 0 Å². The lowest BCUT2D eigenvalue weighted by atomic mass is 9.81. The third kappa shape index (κ3) is 2.54. The van der Waals surface area contributed by atoms with Crippen LogP contribution in [0.4, 0.5) is 0 Å². The van der Waals surface area contributed by atoms with E-state index < -0.39 is 0 Å². The quantitative estimate of drug-likeness (QED) is 0.771. The molecule has 0 aromatic carbocycles. The summed E-state index contributed by atoms with van der Waals surface area (Å²) < 4.78 is 0. The first-order valence-corrected chi connectivity index (χ1v) is 6.73. The van der Waals surface area contributed by atoms with Crippen LogP contribution >= 0.6 is 0 Å². The zero-order chi connectivity index (χ0) is 10.7. The van der Waals surface area contributed by atoms with Gasteiger partial charge in [0.05, 0.1) is 0 Å². The zero-order valence-electron chi connectivity index (χ0n) is 10.1. The largest absolute Gasteiger partial charge is 0.330 e. The van der Waals surface area contributed by atoms with Crippen molar-refractivity contribution in [1.82, 2.24) is 4.90 Å². The lowest BCUT2D eigenvalue weighted by molar-refractivity contribution is 0.163. The van der Waals surface area contributed by atoms with E-state index in [1.165, 1.54) is 51.5 Å². The molecule has 2 nitrogen and oxygen atoms in total. The third-order valence-corrected chi connectivity index (χ3v) is 4.58. The minimum atomic E-state index is 0.844. The summed E-state index contributed by atoms with van der Waals surface area (Å²) in [5, 5.41) is 0. The second-order valence-corrected chi connectivity index (χ2v) is 5.48. The van der Waals surface area contributed by atoms with Crippen molar-refractivity contribution in [1.29, 1.82) is 0 Å². The molecule has 2 rings (SSSR count). The highest BCUT2D eigenvalue weighted by molar-refractivity contribution is 4.88. The molecule has 1 saturated heterocycles. The van der Waals surface area contributed by atoms with Gasteiger partial charge < -0.3 is 10.6 Å². The van der Waals surface area contributed by atoms with Crippen LogP contribution in [-0.2, 0) is 0 Å². The van der Waals surface area contributed by atoms with E-state index in [1.807, 2.05) is 0 Å². The van der Waals surface area contributed by atoms with Crippen molar-refractivity contribution >= 4 is 0 Å². The molecule has 0 amide bonds. The second kappa shape index (κ2) is 5.31. The number of nitrogens with zero attached hydrogens (tertiary/aromatic N) is 1. The predicted molar refractivity (Wildman–Crippen MR) is 64.8 cm³/mol. The molecular formula is C13H26N2. The fourth-order valence-corrected chi connectivity index (χ4v) is 3.80. The maximum Gasteiger partial charge on any atom is 0.0124 e. The number of nitrogens with two attached hydrogens (primary N) is 1. The Morgan fingerprint density at radius 2 is 1.93 bits per heavy atom. The minimum absolute atomic E-state index is 0.844. The van der Waals surface area contributed by atoms with Crippen molar-refractivity contribution in [3.63, 3.8) is 0 Å². The molecule has 0 radical (unpaired) electrons. The Balaban J connectivity index is 1.97. The Labute approximate surface area is 94.2 Å². The van der Waals surface area contributed by atoms with Crippen LogP contribution in [0.3, 0.4) is 0 Å². The summed E-state index contributed by atoms with van der Waals surface area (Å²) in [6.45, 7) is 2.18. The van der Waals surface area contributed by atoms with Crippen LogP contribution < -0.4 is 5.73 Å². The Morgan fingerprint density at radius 1 is 1.20 bits per heavy atom. The molecule has 0 aromatic rings. The fraction of sp³-hybridized carbons (Fsp3) is 1.00. The summed E-state index contributed by atoms with van der Waals surface area (Å²) in [4.78, 5) is 2.58. The van der Waals surface area contributed by atoms with E-state index >= 15 is 0 Å². The Hall–Kier alpha value is -0.0800. The monoisotopic (exact) mass is 210 g/mol. The van der Waals surface area contributed by atoms with Crippen LogP contribution in [0, 0.1) is 11.8 Å². The van der Waals surface area contributed by atoms with Crippen LogP contribution in [0.15, 0.2) is 0 Å². The average molecular weight is 210 g/mol. The topological polar surface area (TPSA) is 29.3 Å². The van der Waals surface area contributed by atoms with Crippen molar-refractivity contribution in [2.75, 3.05) is 20.1 Å². The highest BCUT2D eigenvalue weighted by Gasteiger charge is 2.34. The van der Waals surface area contributed by atoms with Gasteiger partial charge in [-0.15, -0.1) is 0 Å². The first-order chi connectivity index (χ1) is 7.33. The van der Waals surface area contributed by atoms with E-state index in [9.17, 15) is 0 Å². The first-order valence-electron chi connectivity index (χ1n) is 6.73. The van der Waals surface area contributed by atoms with E-state index in [1.54, 1.807) is 0 Å².